The SMILES string of the molecule is CNc1nc(C2CC2)nc(-c2cc(F)cc(C#N)c2)c1C. The van der Waals surface area contributed by atoms with Crippen molar-refractivity contribution < 1.29 is 4.39 Å². The Morgan fingerprint density at radius 3 is 2.67 bits per heavy atom. The third-order valence-electron chi connectivity index (χ3n) is 3.64. The lowest BCUT2D eigenvalue weighted by molar-refractivity contribution is 0.627. The van der Waals surface area contributed by atoms with Gasteiger partial charge in [0, 0.05) is 24.1 Å². The van der Waals surface area contributed by atoms with E-state index in [2.05, 4.69) is 15.3 Å². The van der Waals surface area contributed by atoms with Crippen LogP contribution >= 0.6 is 0 Å². The monoisotopic (exact) mass is 282 g/mol. The molecule has 3 rings (SSSR count). The van der Waals surface area contributed by atoms with Crippen molar-refractivity contribution in [1.29, 1.82) is 5.26 Å². The molecular formula is C16H15FN4. The number of benzene rings is 1. The first-order valence-electron chi connectivity index (χ1n) is 6.89. The highest BCUT2D eigenvalue weighted by atomic mass is 19.1. The zero-order valence-electron chi connectivity index (χ0n) is 11.9. The lowest BCUT2D eigenvalue weighted by Crippen LogP contribution is -2.05. The standard InChI is InChI=1S/C16H15FN4/c1-9-14(12-5-10(8-18)6-13(17)7-12)20-16(11-3-4-11)21-15(9)19-2/h5-7,11H,3-4H2,1-2H3,(H,19,20,21). The fourth-order valence-electron chi connectivity index (χ4n) is 2.37. The Morgan fingerprint density at radius 1 is 1.29 bits per heavy atom. The fourth-order valence-corrected chi connectivity index (χ4v) is 2.37. The van der Waals surface area contributed by atoms with Crippen molar-refractivity contribution in [1.82, 2.24) is 9.97 Å². The van der Waals surface area contributed by atoms with Gasteiger partial charge in [0.05, 0.1) is 17.3 Å². The summed E-state index contributed by atoms with van der Waals surface area (Å²) in [5, 5.41) is 12.1. The molecule has 106 valence electrons. The van der Waals surface area contributed by atoms with Crippen LogP contribution in [0.15, 0.2) is 18.2 Å². The Hall–Kier alpha value is -2.48. The van der Waals surface area contributed by atoms with Gasteiger partial charge < -0.3 is 5.32 Å². The Morgan fingerprint density at radius 2 is 2.05 bits per heavy atom. The molecule has 5 heteroatoms. The zero-order chi connectivity index (χ0) is 15.0. The van der Waals surface area contributed by atoms with E-state index in [0.717, 1.165) is 30.0 Å². The molecule has 4 nitrogen and oxygen atoms in total. The van der Waals surface area contributed by atoms with Crippen molar-refractivity contribution in [2.24, 2.45) is 0 Å². The molecule has 1 N–H and O–H groups in total. The van der Waals surface area contributed by atoms with E-state index >= 15 is 0 Å². The van der Waals surface area contributed by atoms with Crippen molar-refractivity contribution in [2.45, 2.75) is 25.7 Å². The maximum atomic E-state index is 13.7. The molecule has 1 saturated carbocycles. The van der Waals surface area contributed by atoms with Crippen LogP contribution in [0, 0.1) is 24.1 Å². The van der Waals surface area contributed by atoms with Crippen LogP contribution in [0.25, 0.3) is 11.3 Å². The van der Waals surface area contributed by atoms with Gasteiger partial charge in [0.1, 0.15) is 17.5 Å². The topological polar surface area (TPSA) is 61.6 Å². The minimum Gasteiger partial charge on any atom is -0.373 e. The molecule has 0 radical (unpaired) electrons. The molecular weight excluding hydrogens is 267 g/mol. The van der Waals surface area contributed by atoms with E-state index in [1.54, 1.807) is 6.07 Å². The van der Waals surface area contributed by atoms with Crippen LogP contribution in [0.4, 0.5) is 10.2 Å². The average Bonchev–Trinajstić information content (AvgIpc) is 3.31. The number of nitrogens with zero attached hydrogens (tertiary/aromatic N) is 3. The largest absolute Gasteiger partial charge is 0.373 e. The first-order valence-corrected chi connectivity index (χ1v) is 6.89. The van der Waals surface area contributed by atoms with Gasteiger partial charge in [0.25, 0.3) is 0 Å². The smallest absolute Gasteiger partial charge is 0.134 e. The van der Waals surface area contributed by atoms with E-state index in [1.165, 1.54) is 12.1 Å². The minimum absolute atomic E-state index is 0.294. The third kappa shape index (κ3) is 2.57. The van der Waals surface area contributed by atoms with Gasteiger partial charge in [-0.2, -0.15) is 5.26 Å². The Bertz CT molecular complexity index is 745. The van der Waals surface area contributed by atoms with E-state index < -0.39 is 5.82 Å². The number of hydrogen-bond donors (Lipinski definition) is 1. The number of aromatic nitrogens is 2. The number of hydrogen-bond acceptors (Lipinski definition) is 4. The molecule has 0 bridgehead atoms. The first kappa shape index (κ1) is 13.5. The minimum atomic E-state index is -0.430. The van der Waals surface area contributed by atoms with E-state index in [-0.39, 0.29) is 0 Å². The maximum absolute atomic E-state index is 13.7. The van der Waals surface area contributed by atoms with Crippen molar-refractivity contribution in [2.75, 3.05) is 12.4 Å². The fraction of sp³-hybridized carbons (Fsp3) is 0.312. The van der Waals surface area contributed by atoms with Gasteiger partial charge >= 0.3 is 0 Å². The molecule has 0 atom stereocenters. The summed E-state index contributed by atoms with van der Waals surface area (Å²) in [5.41, 5.74) is 2.45. The highest BCUT2D eigenvalue weighted by Crippen LogP contribution is 2.40. The van der Waals surface area contributed by atoms with Crippen LogP contribution in [0.1, 0.15) is 35.7 Å². The Kier molecular flexibility index (Phi) is 3.30. The quantitative estimate of drug-likeness (QED) is 0.937. The lowest BCUT2D eigenvalue weighted by Gasteiger charge is -2.12. The van der Waals surface area contributed by atoms with Gasteiger partial charge in [-0.3, -0.25) is 0 Å². The highest BCUT2D eigenvalue weighted by Gasteiger charge is 2.28. The molecule has 0 saturated heterocycles. The molecule has 1 aromatic heterocycles. The molecule has 0 aliphatic heterocycles. The number of halogens is 1. The second-order valence-corrected chi connectivity index (χ2v) is 5.27. The summed E-state index contributed by atoms with van der Waals surface area (Å²) in [5.74, 6) is 1.52. The molecule has 1 fully saturated rings. The first-order chi connectivity index (χ1) is 10.1. The van der Waals surface area contributed by atoms with Crippen LogP contribution in [0.3, 0.4) is 0 Å². The van der Waals surface area contributed by atoms with Crippen LogP contribution in [0.2, 0.25) is 0 Å². The molecule has 1 aliphatic carbocycles. The second kappa shape index (κ2) is 5.13. The van der Waals surface area contributed by atoms with Gasteiger partial charge in [-0.15, -0.1) is 0 Å². The second-order valence-electron chi connectivity index (χ2n) is 5.27. The van der Waals surface area contributed by atoms with Crippen LogP contribution in [-0.4, -0.2) is 17.0 Å². The maximum Gasteiger partial charge on any atom is 0.134 e. The summed E-state index contributed by atoms with van der Waals surface area (Å²) < 4.78 is 13.7. The summed E-state index contributed by atoms with van der Waals surface area (Å²) in [6.07, 6.45) is 2.19. The highest BCUT2D eigenvalue weighted by molar-refractivity contribution is 5.69. The van der Waals surface area contributed by atoms with Crippen molar-refractivity contribution >= 4 is 5.82 Å². The summed E-state index contributed by atoms with van der Waals surface area (Å²) in [6, 6.07) is 6.27. The normalized spacial score (nSPS) is 13.8. The van der Waals surface area contributed by atoms with Crippen LogP contribution in [-0.2, 0) is 0 Å². The lowest BCUT2D eigenvalue weighted by atomic mass is 10.0. The number of anilines is 1. The van der Waals surface area contributed by atoms with Gasteiger partial charge in [-0.1, -0.05) is 0 Å². The summed E-state index contributed by atoms with van der Waals surface area (Å²) in [4.78, 5) is 9.13. The molecule has 1 aromatic carbocycles. The van der Waals surface area contributed by atoms with Crippen LogP contribution < -0.4 is 5.32 Å². The molecule has 21 heavy (non-hydrogen) atoms. The van der Waals surface area contributed by atoms with Gasteiger partial charge in [0.15, 0.2) is 0 Å². The van der Waals surface area contributed by atoms with Crippen molar-refractivity contribution in [3.8, 4) is 17.3 Å². The average molecular weight is 282 g/mol. The Balaban J connectivity index is 2.19. The molecule has 1 heterocycles. The molecule has 0 amide bonds. The Labute approximate surface area is 122 Å². The van der Waals surface area contributed by atoms with Crippen molar-refractivity contribution in [3.63, 3.8) is 0 Å². The molecule has 1 aliphatic rings. The predicted octanol–water partition coefficient (Wildman–Crippen LogP) is 3.38. The van der Waals surface area contributed by atoms with Crippen LogP contribution in [0.5, 0.6) is 0 Å². The van der Waals surface area contributed by atoms with E-state index in [4.69, 9.17) is 5.26 Å². The van der Waals surface area contributed by atoms with Crippen molar-refractivity contribution in [3.05, 3.63) is 41.0 Å². The van der Waals surface area contributed by atoms with Gasteiger partial charge in [-0.05, 0) is 38.0 Å². The zero-order valence-corrected chi connectivity index (χ0v) is 11.9. The van der Waals surface area contributed by atoms with Gasteiger partial charge in [0.2, 0.25) is 0 Å². The molecule has 0 unspecified atom stereocenters. The number of nitrogens with one attached hydrogen (secondary N) is 1. The van der Waals surface area contributed by atoms with E-state index in [1.807, 2.05) is 20.0 Å². The summed E-state index contributed by atoms with van der Waals surface area (Å²) in [7, 11) is 1.81. The molecule has 2 aromatic rings. The predicted molar refractivity (Wildman–Crippen MR) is 78.4 cm³/mol. The summed E-state index contributed by atoms with van der Waals surface area (Å²) >= 11 is 0. The van der Waals surface area contributed by atoms with E-state index in [0.29, 0.717) is 22.7 Å². The number of rotatable bonds is 3. The number of nitriles is 1. The molecule has 0 spiro atoms. The third-order valence-corrected chi connectivity index (χ3v) is 3.64. The van der Waals surface area contributed by atoms with E-state index in [9.17, 15) is 4.39 Å². The summed E-state index contributed by atoms with van der Waals surface area (Å²) in [6.45, 7) is 1.90. The van der Waals surface area contributed by atoms with Gasteiger partial charge in [-0.25, -0.2) is 14.4 Å².